The zero-order valence-corrected chi connectivity index (χ0v) is 16.7. The van der Waals surface area contributed by atoms with Crippen LogP contribution in [0.25, 0.3) is 10.9 Å². The van der Waals surface area contributed by atoms with Gasteiger partial charge in [-0.15, -0.1) is 0 Å². The zero-order chi connectivity index (χ0) is 18.9. The molecule has 3 nitrogen and oxygen atoms in total. The molecule has 1 N–H and O–H groups in total. The molecule has 1 aromatic heterocycles. The fourth-order valence-electron chi connectivity index (χ4n) is 5.26. The minimum Gasteiger partial charge on any atom is -0.356 e. The van der Waals surface area contributed by atoms with Gasteiger partial charge in [0.15, 0.2) is 0 Å². The summed E-state index contributed by atoms with van der Waals surface area (Å²) in [6.45, 7) is 5.11. The number of halogens is 2. The molecule has 5 heteroatoms. The number of H-pyrrole nitrogens is 1. The fourth-order valence-corrected chi connectivity index (χ4v) is 5.68. The van der Waals surface area contributed by atoms with Gasteiger partial charge in [-0.2, -0.15) is 0 Å². The lowest BCUT2D eigenvalue weighted by atomic mass is 9.59. The third-order valence-corrected chi connectivity index (χ3v) is 7.21. The Labute approximate surface area is 168 Å². The van der Waals surface area contributed by atoms with Crippen molar-refractivity contribution in [1.82, 2.24) is 9.88 Å². The number of rotatable bonds is 2. The van der Waals surface area contributed by atoms with Crippen LogP contribution in [0.15, 0.2) is 42.5 Å². The van der Waals surface area contributed by atoms with Gasteiger partial charge in [0.1, 0.15) is 5.54 Å². The maximum atomic E-state index is 13.2. The van der Waals surface area contributed by atoms with E-state index >= 15 is 0 Å². The SMILES string of the molecule is CC(C)[C@@]12c3[nH]c4ccccc4c3CCN1C(=O)[C@H]2c1cccc(Cl)c1Cl. The Bertz CT molecular complexity index is 1090. The first-order chi connectivity index (χ1) is 13.0. The van der Waals surface area contributed by atoms with Crippen molar-refractivity contribution in [3.8, 4) is 0 Å². The predicted molar refractivity (Wildman–Crippen MR) is 109 cm³/mol. The second kappa shape index (κ2) is 5.76. The molecule has 3 heterocycles. The predicted octanol–water partition coefficient (Wildman–Crippen LogP) is 5.51. The van der Waals surface area contributed by atoms with Crippen molar-refractivity contribution in [2.45, 2.75) is 31.7 Å². The van der Waals surface area contributed by atoms with Crippen molar-refractivity contribution in [3.63, 3.8) is 0 Å². The standard InChI is InChI=1S/C22H20Cl2N2O/c1-12(2)22-18(15-7-5-8-16(23)19(15)24)21(27)26(22)11-10-14-13-6-3-4-9-17(13)25-20(14)22/h3-9,12,18,25H,10-11H2,1-2H3/t18-,22-/m1/s1. The van der Waals surface area contributed by atoms with E-state index in [1.165, 1.54) is 10.9 Å². The molecule has 0 aliphatic carbocycles. The fraction of sp³-hybridized carbons (Fsp3) is 0.318. The van der Waals surface area contributed by atoms with Crippen LogP contribution >= 0.6 is 23.2 Å². The lowest BCUT2D eigenvalue weighted by Crippen LogP contribution is -2.71. The Morgan fingerprint density at radius 2 is 1.93 bits per heavy atom. The number of carbonyl (C=O) groups excluding carboxylic acids is 1. The second-order valence-electron chi connectivity index (χ2n) is 7.82. The lowest BCUT2D eigenvalue weighted by Gasteiger charge is -2.62. The second-order valence-corrected chi connectivity index (χ2v) is 8.61. The number of aromatic nitrogens is 1. The number of carbonyl (C=O) groups is 1. The summed E-state index contributed by atoms with van der Waals surface area (Å²) in [6.07, 6.45) is 0.871. The molecule has 0 saturated carbocycles. The molecular weight excluding hydrogens is 379 g/mol. The van der Waals surface area contributed by atoms with E-state index in [2.05, 4.69) is 37.0 Å². The number of aromatic amines is 1. The topological polar surface area (TPSA) is 36.1 Å². The van der Waals surface area contributed by atoms with Gasteiger partial charge in [0.05, 0.1) is 16.0 Å². The van der Waals surface area contributed by atoms with E-state index in [-0.39, 0.29) is 17.7 Å². The van der Waals surface area contributed by atoms with Crippen LogP contribution in [0, 0.1) is 5.92 Å². The zero-order valence-electron chi connectivity index (χ0n) is 15.2. The minimum absolute atomic E-state index is 0.136. The number of para-hydroxylation sites is 1. The van der Waals surface area contributed by atoms with Gasteiger partial charge in [-0.3, -0.25) is 4.79 Å². The largest absolute Gasteiger partial charge is 0.356 e. The van der Waals surface area contributed by atoms with Crippen LogP contribution in [0.5, 0.6) is 0 Å². The molecule has 0 unspecified atom stereocenters. The van der Waals surface area contributed by atoms with Crippen LogP contribution in [-0.4, -0.2) is 22.3 Å². The van der Waals surface area contributed by atoms with Crippen LogP contribution in [0.4, 0.5) is 0 Å². The first kappa shape index (κ1) is 17.2. The van der Waals surface area contributed by atoms with E-state index in [9.17, 15) is 4.79 Å². The van der Waals surface area contributed by atoms with Crippen LogP contribution in [0.3, 0.4) is 0 Å². The van der Waals surface area contributed by atoms with Crippen LogP contribution < -0.4 is 0 Å². The highest BCUT2D eigenvalue weighted by atomic mass is 35.5. The molecule has 3 aromatic rings. The van der Waals surface area contributed by atoms with Crippen molar-refractivity contribution >= 4 is 40.0 Å². The average molecular weight is 399 g/mol. The van der Waals surface area contributed by atoms with E-state index in [0.29, 0.717) is 10.0 Å². The van der Waals surface area contributed by atoms with E-state index in [1.54, 1.807) is 6.07 Å². The van der Waals surface area contributed by atoms with Gasteiger partial charge in [-0.1, -0.05) is 67.4 Å². The molecule has 0 spiro atoms. The summed E-state index contributed by atoms with van der Waals surface area (Å²) in [4.78, 5) is 18.9. The van der Waals surface area contributed by atoms with E-state index in [4.69, 9.17) is 23.2 Å². The van der Waals surface area contributed by atoms with Gasteiger partial charge in [0, 0.05) is 23.1 Å². The molecule has 2 aliphatic heterocycles. The number of fused-ring (bicyclic) bond motifs is 5. The molecule has 2 aliphatic rings. The van der Waals surface area contributed by atoms with Crippen molar-refractivity contribution < 1.29 is 4.79 Å². The summed E-state index contributed by atoms with van der Waals surface area (Å²) >= 11 is 12.8. The molecular formula is C22H20Cl2N2O. The van der Waals surface area contributed by atoms with E-state index in [1.807, 2.05) is 23.1 Å². The smallest absolute Gasteiger partial charge is 0.233 e. The van der Waals surface area contributed by atoms with Gasteiger partial charge in [0.2, 0.25) is 5.91 Å². The van der Waals surface area contributed by atoms with Gasteiger partial charge in [-0.25, -0.2) is 0 Å². The number of nitrogens with zero attached hydrogens (tertiary/aromatic N) is 1. The number of hydrogen-bond donors (Lipinski definition) is 1. The summed E-state index contributed by atoms with van der Waals surface area (Å²) in [5.41, 5.74) is 4.01. The van der Waals surface area contributed by atoms with Gasteiger partial charge < -0.3 is 9.88 Å². The number of β-lactam (4-membered cyclic amide) rings is 1. The summed E-state index contributed by atoms with van der Waals surface area (Å²) in [5.74, 6) is 0.0374. The highest BCUT2D eigenvalue weighted by Crippen LogP contribution is 2.60. The van der Waals surface area contributed by atoms with Crippen LogP contribution in [-0.2, 0) is 16.8 Å². The summed E-state index contributed by atoms with van der Waals surface area (Å²) in [7, 11) is 0. The number of amides is 1. The maximum Gasteiger partial charge on any atom is 0.233 e. The Morgan fingerprint density at radius 3 is 2.70 bits per heavy atom. The molecule has 5 rings (SSSR count). The highest BCUT2D eigenvalue weighted by molar-refractivity contribution is 6.42. The monoisotopic (exact) mass is 398 g/mol. The molecule has 0 bridgehead atoms. The first-order valence-corrected chi connectivity index (χ1v) is 10.1. The number of nitrogens with one attached hydrogen (secondary N) is 1. The molecule has 0 radical (unpaired) electrons. The molecule has 27 heavy (non-hydrogen) atoms. The first-order valence-electron chi connectivity index (χ1n) is 9.33. The Kier molecular flexibility index (Phi) is 3.66. The maximum absolute atomic E-state index is 13.2. The molecule has 2 atom stereocenters. The lowest BCUT2D eigenvalue weighted by molar-refractivity contribution is -0.172. The molecule has 1 saturated heterocycles. The van der Waals surface area contributed by atoms with Crippen LogP contribution in [0.1, 0.15) is 36.6 Å². The molecule has 1 amide bonds. The molecule has 138 valence electrons. The molecule has 2 aromatic carbocycles. The normalized spacial score (nSPS) is 24.1. The quantitative estimate of drug-likeness (QED) is 0.567. The average Bonchev–Trinajstić information content (AvgIpc) is 3.02. The van der Waals surface area contributed by atoms with Gasteiger partial charge in [-0.05, 0) is 35.6 Å². The Hall–Kier alpha value is -1.97. The summed E-state index contributed by atoms with van der Waals surface area (Å²) < 4.78 is 0. The number of benzene rings is 2. The minimum atomic E-state index is -0.419. The van der Waals surface area contributed by atoms with Crippen molar-refractivity contribution in [1.29, 1.82) is 0 Å². The highest BCUT2D eigenvalue weighted by Gasteiger charge is 2.65. The van der Waals surface area contributed by atoms with E-state index in [0.717, 1.165) is 29.7 Å². The summed E-state index contributed by atoms with van der Waals surface area (Å²) in [6, 6.07) is 14.0. The van der Waals surface area contributed by atoms with Crippen molar-refractivity contribution in [3.05, 3.63) is 69.3 Å². The van der Waals surface area contributed by atoms with E-state index < -0.39 is 5.54 Å². The van der Waals surface area contributed by atoms with Gasteiger partial charge >= 0.3 is 0 Å². The van der Waals surface area contributed by atoms with Gasteiger partial charge in [0.25, 0.3) is 0 Å². The van der Waals surface area contributed by atoms with Crippen molar-refractivity contribution in [2.24, 2.45) is 5.92 Å². The summed E-state index contributed by atoms with van der Waals surface area (Å²) in [5, 5.41) is 2.23. The van der Waals surface area contributed by atoms with Crippen LogP contribution in [0.2, 0.25) is 10.0 Å². The Morgan fingerprint density at radius 1 is 1.15 bits per heavy atom. The third-order valence-electron chi connectivity index (χ3n) is 6.37. The Balaban J connectivity index is 1.80. The van der Waals surface area contributed by atoms with Crippen molar-refractivity contribution in [2.75, 3.05) is 6.54 Å². The third kappa shape index (κ3) is 2.02. The number of hydrogen-bond acceptors (Lipinski definition) is 1. The molecule has 1 fully saturated rings.